The Labute approximate surface area is 71.9 Å². The number of aryl methyl sites for hydroxylation is 2. The van der Waals surface area contributed by atoms with E-state index in [4.69, 9.17) is 12.2 Å². The molecule has 1 heterocycles. The first-order valence-corrected chi connectivity index (χ1v) is 3.27. The van der Waals surface area contributed by atoms with Crippen LogP contribution in [0.25, 0.3) is 0 Å². The van der Waals surface area contributed by atoms with Gasteiger partial charge >= 0.3 is 0 Å². The Hall–Kier alpha value is -0.340. The molecule has 10 heavy (non-hydrogen) atoms. The molecule has 0 amide bonds. The lowest BCUT2D eigenvalue weighted by Gasteiger charge is -1.93. The third kappa shape index (κ3) is 2.50. The van der Waals surface area contributed by atoms with Gasteiger partial charge in [0.15, 0.2) is 0 Å². The molecule has 0 aliphatic carbocycles. The first-order valence-electron chi connectivity index (χ1n) is 2.86. The maximum Gasteiger partial charge on any atom is 0.103 e. The molecule has 1 aromatic rings. The zero-order chi connectivity index (χ0) is 6.85. The smallest absolute Gasteiger partial charge is 0.103 e. The summed E-state index contributed by atoms with van der Waals surface area (Å²) in [7, 11) is 0. The van der Waals surface area contributed by atoms with Gasteiger partial charge in [-0.3, -0.25) is 0 Å². The fraction of sp³-hybridized carbons (Fsp3) is 0.286. The first kappa shape index (κ1) is 9.66. The predicted molar refractivity (Wildman–Crippen MR) is 48.3 cm³/mol. The second kappa shape index (κ2) is 3.74. The highest BCUT2D eigenvalue weighted by Crippen LogP contribution is 1.98. The quantitative estimate of drug-likeness (QED) is 0.600. The first-order chi connectivity index (χ1) is 4.18. The Morgan fingerprint density at radius 1 is 1.30 bits per heavy atom. The highest BCUT2D eigenvalue weighted by atomic mass is 35.5. The molecule has 0 atom stereocenters. The van der Waals surface area contributed by atoms with Gasteiger partial charge in [-0.25, -0.2) is 0 Å². The molecule has 1 rings (SSSR count). The van der Waals surface area contributed by atoms with Crippen LogP contribution < -0.4 is 0 Å². The molecule has 0 spiro atoms. The van der Waals surface area contributed by atoms with Crippen LogP contribution in [-0.2, 0) is 0 Å². The van der Waals surface area contributed by atoms with Gasteiger partial charge in [0.05, 0.1) is 0 Å². The van der Waals surface area contributed by atoms with Crippen molar-refractivity contribution < 1.29 is 0 Å². The van der Waals surface area contributed by atoms with Crippen LogP contribution in [0.5, 0.6) is 0 Å². The van der Waals surface area contributed by atoms with Crippen LogP contribution in [-0.4, -0.2) is 4.98 Å². The third-order valence-electron chi connectivity index (χ3n) is 1.12. The van der Waals surface area contributed by atoms with Crippen molar-refractivity contribution in [3.05, 3.63) is 28.0 Å². The zero-order valence-corrected chi connectivity index (χ0v) is 7.60. The number of nitrogens with one attached hydrogen (secondary N) is 1. The number of halogens is 1. The van der Waals surface area contributed by atoms with E-state index < -0.39 is 0 Å². The Morgan fingerprint density at radius 3 is 2.30 bits per heavy atom. The monoisotopic (exact) mass is 175 g/mol. The van der Waals surface area contributed by atoms with Crippen LogP contribution in [0.4, 0.5) is 0 Å². The van der Waals surface area contributed by atoms with Gasteiger partial charge in [0.2, 0.25) is 0 Å². The largest absolute Gasteiger partial charge is 0.350 e. The number of aromatic amines is 1. The lowest BCUT2D eigenvalue weighted by atomic mass is 10.3. The molecule has 0 fully saturated rings. The van der Waals surface area contributed by atoms with Crippen molar-refractivity contribution in [2.75, 3.05) is 0 Å². The van der Waals surface area contributed by atoms with Gasteiger partial charge in [-0.05, 0) is 31.5 Å². The van der Waals surface area contributed by atoms with Crippen molar-refractivity contribution in [3.8, 4) is 0 Å². The molecule has 3 heteroatoms. The number of rotatable bonds is 0. The zero-order valence-electron chi connectivity index (χ0n) is 5.97. The molecule has 0 saturated carbocycles. The van der Waals surface area contributed by atoms with Gasteiger partial charge in [-0.2, -0.15) is 0 Å². The average Bonchev–Trinajstić information content (AvgIpc) is 1.59. The number of H-pyrrole nitrogens is 1. The number of aromatic nitrogens is 1. The fourth-order valence-corrected chi connectivity index (χ4v) is 1.20. The van der Waals surface area contributed by atoms with Crippen LogP contribution in [0.15, 0.2) is 12.1 Å². The van der Waals surface area contributed by atoms with Crippen molar-refractivity contribution in [3.63, 3.8) is 0 Å². The topological polar surface area (TPSA) is 15.8 Å². The highest BCUT2D eigenvalue weighted by molar-refractivity contribution is 7.71. The highest BCUT2D eigenvalue weighted by Gasteiger charge is 1.84. The summed E-state index contributed by atoms with van der Waals surface area (Å²) in [5.41, 5.74) is 2.34. The fourth-order valence-electron chi connectivity index (χ4n) is 0.856. The molecule has 0 bridgehead atoms. The molecule has 1 N–H and O–H groups in total. The minimum atomic E-state index is 0. The van der Waals surface area contributed by atoms with E-state index in [1.165, 1.54) is 5.56 Å². The molecule has 0 radical (unpaired) electrons. The van der Waals surface area contributed by atoms with Crippen LogP contribution >= 0.6 is 24.6 Å². The summed E-state index contributed by atoms with van der Waals surface area (Å²) in [5, 5.41) is 0. The van der Waals surface area contributed by atoms with Gasteiger partial charge in [0, 0.05) is 5.69 Å². The van der Waals surface area contributed by atoms with E-state index >= 15 is 0 Å². The lowest BCUT2D eigenvalue weighted by Crippen LogP contribution is -1.81. The number of pyridine rings is 1. The van der Waals surface area contributed by atoms with E-state index in [-0.39, 0.29) is 12.4 Å². The molecule has 56 valence electrons. The maximum absolute atomic E-state index is 4.93. The van der Waals surface area contributed by atoms with Crippen LogP contribution in [0, 0.1) is 18.5 Å². The van der Waals surface area contributed by atoms with Crippen molar-refractivity contribution in [1.29, 1.82) is 0 Å². The average molecular weight is 176 g/mol. The van der Waals surface area contributed by atoms with Gasteiger partial charge in [0.1, 0.15) is 4.64 Å². The molecule has 1 nitrogen and oxygen atoms in total. The predicted octanol–water partition coefficient (Wildman–Crippen LogP) is 2.78. The second-order valence-corrected chi connectivity index (χ2v) is 2.64. The summed E-state index contributed by atoms with van der Waals surface area (Å²) < 4.78 is 0.813. The molecule has 0 unspecified atom stereocenters. The minimum Gasteiger partial charge on any atom is -0.350 e. The maximum atomic E-state index is 4.93. The van der Waals surface area contributed by atoms with Gasteiger partial charge in [-0.1, -0.05) is 12.2 Å². The molecule has 0 aliphatic rings. The van der Waals surface area contributed by atoms with Crippen molar-refractivity contribution in [2.45, 2.75) is 13.8 Å². The SMILES string of the molecule is Cc1cc(C)[nH]c(=S)c1.Cl. The third-order valence-corrected chi connectivity index (χ3v) is 1.34. The number of hydrogen-bond acceptors (Lipinski definition) is 1. The summed E-state index contributed by atoms with van der Waals surface area (Å²) in [4.78, 5) is 3.03. The van der Waals surface area contributed by atoms with Crippen LogP contribution in [0.2, 0.25) is 0 Å². The molecule has 1 aromatic heterocycles. The second-order valence-electron chi connectivity index (χ2n) is 2.20. The molecule has 0 saturated heterocycles. The van der Waals surface area contributed by atoms with Crippen molar-refractivity contribution in [2.24, 2.45) is 0 Å². The normalized spacial score (nSPS) is 8.60. The summed E-state index contributed by atoms with van der Waals surface area (Å²) in [5.74, 6) is 0. The van der Waals surface area contributed by atoms with Gasteiger partial charge in [0.25, 0.3) is 0 Å². The van der Waals surface area contributed by atoms with Gasteiger partial charge < -0.3 is 4.98 Å². The Morgan fingerprint density at radius 2 is 1.90 bits per heavy atom. The van der Waals surface area contributed by atoms with Crippen molar-refractivity contribution >= 4 is 24.6 Å². The van der Waals surface area contributed by atoms with E-state index in [1.54, 1.807) is 0 Å². The van der Waals surface area contributed by atoms with Crippen LogP contribution in [0.3, 0.4) is 0 Å². The standard InChI is InChI=1S/C7H9NS.ClH/c1-5-3-6(2)8-7(9)4-5;/h3-4H,1-2H3,(H,8,9);1H. The van der Waals surface area contributed by atoms with E-state index in [0.29, 0.717) is 0 Å². The van der Waals surface area contributed by atoms with Crippen LogP contribution in [0.1, 0.15) is 11.3 Å². The summed E-state index contributed by atoms with van der Waals surface area (Å²) in [6.07, 6.45) is 0. The minimum absolute atomic E-state index is 0. The van der Waals surface area contributed by atoms with E-state index in [9.17, 15) is 0 Å². The van der Waals surface area contributed by atoms with Gasteiger partial charge in [-0.15, -0.1) is 12.4 Å². The summed E-state index contributed by atoms with van der Waals surface area (Å²) in [6, 6.07) is 4.01. The van der Waals surface area contributed by atoms with E-state index in [0.717, 1.165) is 10.3 Å². The van der Waals surface area contributed by atoms with E-state index in [1.807, 2.05) is 19.9 Å². The summed E-state index contributed by atoms with van der Waals surface area (Å²) >= 11 is 4.93. The molecular formula is C7H10ClNS. The lowest BCUT2D eigenvalue weighted by molar-refractivity contribution is 1.16. The molecular weight excluding hydrogens is 166 g/mol. The summed E-state index contributed by atoms with van der Waals surface area (Å²) in [6.45, 7) is 4.04. The Kier molecular flexibility index (Phi) is 3.61. The number of hydrogen-bond donors (Lipinski definition) is 1. The van der Waals surface area contributed by atoms with E-state index in [2.05, 4.69) is 11.1 Å². The van der Waals surface area contributed by atoms with Crippen molar-refractivity contribution in [1.82, 2.24) is 4.98 Å². The Bertz CT molecular complexity index is 243. The molecule has 0 aromatic carbocycles. The molecule has 0 aliphatic heterocycles. The Balaban J connectivity index is 0.000000810.